The highest BCUT2D eigenvalue weighted by Gasteiger charge is 2.06. The van der Waals surface area contributed by atoms with E-state index in [0.29, 0.717) is 6.54 Å². The van der Waals surface area contributed by atoms with Gasteiger partial charge in [0.15, 0.2) is 5.96 Å². The first-order valence-corrected chi connectivity index (χ1v) is 8.07. The lowest BCUT2D eigenvalue weighted by atomic mass is 10.3. The van der Waals surface area contributed by atoms with Crippen molar-refractivity contribution in [2.45, 2.75) is 19.6 Å². The van der Waals surface area contributed by atoms with Crippen LogP contribution in [-0.2, 0) is 6.54 Å². The molecule has 1 unspecified atom stereocenters. The fourth-order valence-corrected chi connectivity index (χ4v) is 2.23. The molecule has 0 amide bonds. The summed E-state index contributed by atoms with van der Waals surface area (Å²) in [7, 11) is 3.41. The molecule has 130 valence electrons. The Morgan fingerprint density at radius 1 is 1.17 bits per heavy atom. The van der Waals surface area contributed by atoms with Gasteiger partial charge in [-0.1, -0.05) is 6.07 Å². The Morgan fingerprint density at radius 2 is 1.92 bits per heavy atom. The Kier molecular flexibility index (Phi) is 7.01. The van der Waals surface area contributed by atoms with Gasteiger partial charge in [-0.15, -0.1) is 0 Å². The maximum Gasteiger partial charge on any atom is 0.191 e. The maximum absolute atomic E-state index is 5.89. The third-order valence-electron chi connectivity index (χ3n) is 3.49. The third kappa shape index (κ3) is 5.87. The van der Waals surface area contributed by atoms with E-state index in [1.807, 2.05) is 55.7 Å². The number of guanidine groups is 1. The zero-order valence-corrected chi connectivity index (χ0v) is 14.5. The summed E-state index contributed by atoms with van der Waals surface area (Å²) in [6, 6.07) is 11.6. The summed E-state index contributed by atoms with van der Waals surface area (Å²) in [5.41, 5.74) is 0. The SMILES string of the molecule is CN=C(NCCn1cccc1)NCC(C)Oc1cccc(OC)c1. The molecule has 2 aromatic rings. The molecule has 0 fully saturated rings. The lowest BCUT2D eigenvalue weighted by Gasteiger charge is -2.18. The quantitative estimate of drug-likeness (QED) is 0.575. The zero-order valence-electron chi connectivity index (χ0n) is 14.5. The predicted molar refractivity (Wildman–Crippen MR) is 96.9 cm³/mol. The molecule has 0 saturated carbocycles. The molecular formula is C18H26N4O2. The van der Waals surface area contributed by atoms with Gasteiger partial charge in [-0.25, -0.2) is 0 Å². The van der Waals surface area contributed by atoms with Crippen molar-refractivity contribution in [1.29, 1.82) is 0 Å². The first kappa shape index (κ1) is 17.7. The van der Waals surface area contributed by atoms with Gasteiger partial charge in [0, 0.05) is 38.6 Å². The lowest BCUT2D eigenvalue weighted by Crippen LogP contribution is -2.42. The Labute approximate surface area is 143 Å². The van der Waals surface area contributed by atoms with Crippen LogP contribution >= 0.6 is 0 Å². The molecule has 0 saturated heterocycles. The van der Waals surface area contributed by atoms with Gasteiger partial charge in [-0.05, 0) is 31.2 Å². The fraction of sp³-hybridized carbons (Fsp3) is 0.389. The highest BCUT2D eigenvalue weighted by molar-refractivity contribution is 5.79. The summed E-state index contributed by atoms with van der Waals surface area (Å²) in [6.07, 6.45) is 4.09. The maximum atomic E-state index is 5.89. The van der Waals surface area contributed by atoms with Crippen LogP contribution in [0, 0.1) is 0 Å². The average Bonchev–Trinajstić information content (AvgIpc) is 3.11. The number of methoxy groups -OCH3 is 1. The largest absolute Gasteiger partial charge is 0.497 e. The van der Waals surface area contributed by atoms with E-state index in [2.05, 4.69) is 20.2 Å². The number of hydrogen-bond acceptors (Lipinski definition) is 3. The minimum Gasteiger partial charge on any atom is -0.497 e. The Balaban J connectivity index is 1.71. The zero-order chi connectivity index (χ0) is 17.2. The lowest BCUT2D eigenvalue weighted by molar-refractivity contribution is 0.223. The molecular weight excluding hydrogens is 304 g/mol. The van der Waals surface area contributed by atoms with Crippen LogP contribution < -0.4 is 20.1 Å². The molecule has 6 heteroatoms. The predicted octanol–water partition coefficient (Wildman–Crippen LogP) is 2.13. The molecule has 0 aliphatic carbocycles. The highest BCUT2D eigenvalue weighted by atomic mass is 16.5. The number of rotatable bonds is 8. The van der Waals surface area contributed by atoms with E-state index < -0.39 is 0 Å². The van der Waals surface area contributed by atoms with Crippen molar-refractivity contribution < 1.29 is 9.47 Å². The van der Waals surface area contributed by atoms with Crippen molar-refractivity contribution in [3.8, 4) is 11.5 Å². The first-order chi connectivity index (χ1) is 11.7. The molecule has 0 radical (unpaired) electrons. The Bertz CT molecular complexity index is 626. The van der Waals surface area contributed by atoms with E-state index in [1.165, 1.54) is 0 Å². The van der Waals surface area contributed by atoms with Crippen molar-refractivity contribution in [3.05, 3.63) is 48.8 Å². The number of benzene rings is 1. The summed E-state index contributed by atoms with van der Waals surface area (Å²) >= 11 is 0. The van der Waals surface area contributed by atoms with Gasteiger partial charge in [0.1, 0.15) is 17.6 Å². The smallest absolute Gasteiger partial charge is 0.191 e. The second-order valence-electron chi connectivity index (χ2n) is 5.41. The van der Waals surface area contributed by atoms with Gasteiger partial charge in [0.25, 0.3) is 0 Å². The van der Waals surface area contributed by atoms with Crippen LogP contribution in [0.4, 0.5) is 0 Å². The van der Waals surface area contributed by atoms with Gasteiger partial charge < -0.3 is 24.7 Å². The van der Waals surface area contributed by atoms with Crippen LogP contribution in [0.25, 0.3) is 0 Å². The van der Waals surface area contributed by atoms with Crippen molar-refractivity contribution >= 4 is 5.96 Å². The minimum absolute atomic E-state index is 0.0000971. The van der Waals surface area contributed by atoms with E-state index in [9.17, 15) is 0 Å². The molecule has 2 N–H and O–H groups in total. The third-order valence-corrected chi connectivity index (χ3v) is 3.49. The number of aromatic nitrogens is 1. The number of nitrogens with one attached hydrogen (secondary N) is 2. The molecule has 2 rings (SSSR count). The molecule has 24 heavy (non-hydrogen) atoms. The van der Waals surface area contributed by atoms with Crippen LogP contribution in [-0.4, -0.2) is 43.9 Å². The van der Waals surface area contributed by atoms with E-state index in [4.69, 9.17) is 9.47 Å². The van der Waals surface area contributed by atoms with Gasteiger partial charge >= 0.3 is 0 Å². The highest BCUT2D eigenvalue weighted by Crippen LogP contribution is 2.19. The summed E-state index contributed by atoms with van der Waals surface area (Å²) in [4.78, 5) is 4.22. The normalized spacial score (nSPS) is 12.5. The van der Waals surface area contributed by atoms with Gasteiger partial charge in [-0.3, -0.25) is 4.99 Å². The summed E-state index contributed by atoms with van der Waals surface area (Å²) in [5.74, 6) is 2.35. The average molecular weight is 330 g/mol. The van der Waals surface area contributed by atoms with Crippen LogP contribution in [0.5, 0.6) is 11.5 Å². The monoisotopic (exact) mass is 330 g/mol. The number of ether oxygens (including phenoxy) is 2. The van der Waals surface area contributed by atoms with E-state index in [-0.39, 0.29) is 6.10 Å². The molecule has 0 spiro atoms. The molecule has 1 heterocycles. The second kappa shape index (κ2) is 9.50. The molecule has 1 aromatic heterocycles. The first-order valence-electron chi connectivity index (χ1n) is 8.07. The minimum atomic E-state index is 0.0000971. The molecule has 0 bridgehead atoms. The van der Waals surface area contributed by atoms with Crippen LogP contribution in [0.3, 0.4) is 0 Å². The topological polar surface area (TPSA) is 59.8 Å². The van der Waals surface area contributed by atoms with Crippen LogP contribution in [0.1, 0.15) is 6.92 Å². The molecule has 1 atom stereocenters. The molecule has 1 aromatic carbocycles. The number of hydrogen-bond donors (Lipinski definition) is 2. The summed E-state index contributed by atoms with van der Waals surface area (Å²) < 4.78 is 13.2. The summed E-state index contributed by atoms with van der Waals surface area (Å²) in [6.45, 7) is 4.36. The number of aliphatic imine (C=N–C) groups is 1. The standard InChI is InChI=1S/C18H26N4O2/c1-15(24-17-8-6-7-16(13-17)23-3)14-21-18(19-2)20-9-12-22-10-4-5-11-22/h4-8,10-11,13,15H,9,12,14H2,1-3H3,(H2,19,20,21). The van der Waals surface area contributed by atoms with Crippen molar-refractivity contribution in [3.63, 3.8) is 0 Å². The van der Waals surface area contributed by atoms with Gasteiger partial charge in [0.2, 0.25) is 0 Å². The second-order valence-corrected chi connectivity index (χ2v) is 5.41. The van der Waals surface area contributed by atoms with E-state index in [0.717, 1.165) is 30.5 Å². The summed E-state index contributed by atoms with van der Waals surface area (Å²) in [5, 5.41) is 6.56. The Hall–Kier alpha value is -2.63. The van der Waals surface area contributed by atoms with Gasteiger partial charge in [0.05, 0.1) is 13.7 Å². The number of nitrogens with zero attached hydrogens (tertiary/aromatic N) is 2. The molecule has 6 nitrogen and oxygen atoms in total. The van der Waals surface area contributed by atoms with E-state index in [1.54, 1.807) is 14.2 Å². The van der Waals surface area contributed by atoms with E-state index >= 15 is 0 Å². The van der Waals surface area contributed by atoms with Gasteiger partial charge in [-0.2, -0.15) is 0 Å². The van der Waals surface area contributed by atoms with Crippen molar-refractivity contribution in [2.75, 3.05) is 27.2 Å². The van der Waals surface area contributed by atoms with Crippen LogP contribution in [0.2, 0.25) is 0 Å². The fourth-order valence-electron chi connectivity index (χ4n) is 2.23. The van der Waals surface area contributed by atoms with Crippen LogP contribution in [0.15, 0.2) is 53.8 Å². The van der Waals surface area contributed by atoms with Crippen molar-refractivity contribution in [1.82, 2.24) is 15.2 Å². The Morgan fingerprint density at radius 3 is 2.62 bits per heavy atom. The molecule has 0 aliphatic rings. The van der Waals surface area contributed by atoms with Crippen molar-refractivity contribution in [2.24, 2.45) is 4.99 Å². The molecule has 0 aliphatic heterocycles.